The van der Waals surface area contributed by atoms with Crippen molar-refractivity contribution in [1.29, 1.82) is 0 Å². The summed E-state index contributed by atoms with van der Waals surface area (Å²) in [6.07, 6.45) is 5.84. The van der Waals surface area contributed by atoms with E-state index < -0.39 is 6.10 Å². The number of aliphatic hydroxyl groups is 1. The van der Waals surface area contributed by atoms with Gasteiger partial charge in [0.25, 0.3) is 0 Å². The van der Waals surface area contributed by atoms with Crippen LogP contribution in [0.15, 0.2) is 24.3 Å². The van der Waals surface area contributed by atoms with Crippen LogP contribution in [0.25, 0.3) is 0 Å². The third kappa shape index (κ3) is 3.72. The number of nitrogens with two attached hydrogens (primary N) is 1. The van der Waals surface area contributed by atoms with Crippen molar-refractivity contribution in [3.8, 4) is 0 Å². The Bertz CT molecular complexity index is 348. The molecule has 1 fully saturated rings. The molecule has 3 heteroatoms. The van der Waals surface area contributed by atoms with E-state index in [9.17, 15) is 5.11 Å². The topological polar surface area (TPSA) is 55.5 Å². The Morgan fingerprint density at radius 2 is 2.06 bits per heavy atom. The van der Waals surface area contributed by atoms with E-state index in [1.165, 1.54) is 19.3 Å². The highest BCUT2D eigenvalue weighted by atomic mass is 16.5. The minimum atomic E-state index is -0.569. The van der Waals surface area contributed by atoms with Crippen LogP contribution in [0.1, 0.15) is 43.8 Å². The van der Waals surface area contributed by atoms with E-state index in [0.717, 1.165) is 18.4 Å². The Kier molecular flexibility index (Phi) is 4.40. The molecular formula is C14H21NO2. The van der Waals surface area contributed by atoms with Crippen LogP contribution in [0.5, 0.6) is 0 Å². The molecule has 1 atom stereocenters. The molecule has 0 aliphatic heterocycles. The lowest BCUT2D eigenvalue weighted by Gasteiger charge is -2.23. The van der Waals surface area contributed by atoms with Gasteiger partial charge in [-0.1, -0.05) is 31.4 Å². The summed E-state index contributed by atoms with van der Waals surface area (Å²) in [6.45, 7) is 0.369. The highest BCUT2D eigenvalue weighted by Crippen LogP contribution is 2.22. The second kappa shape index (κ2) is 6.03. The first-order valence-electron chi connectivity index (χ1n) is 6.41. The van der Waals surface area contributed by atoms with Crippen LogP contribution in [0.4, 0.5) is 5.69 Å². The van der Waals surface area contributed by atoms with Crippen LogP contribution in [0.2, 0.25) is 0 Å². The number of benzene rings is 1. The molecule has 1 saturated carbocycles. The van der Waals surface area contributed by atoms with Gasteiger partial charge in [0.1, 0.15) is 6.10 Å². The van der Waals surface area contributed by atoms with Crippen molar-refractivity contribution < 1.29 is 9.84 Å². The van der Waals surface area contributed by atoms with Crippen LogP contribution in [-0.4, -0.2) is 17.8 Å². The Morgan fingerprint density at radius 3 is 2.76 bits per heavy atom. The Morgan fingerprint density at radius 1 is 1.29 bits per heavy atom. The normalized spacial score (nSPS) is 19.1. The summed E-state index contributed by atoms with van der Waals surface area (Å²) >= 11 is 0. The molecule has 3 nitrogen and oxygen atoms in total. The van der Waals surface area contributed by atoms with Crippen molar-refractivity contribution >= 4 is 5.69 Å². The minimum Gasteiger partial charge on any atom is -0.399 e. The van der Waals surface area contributed by atoms with Crippen LogP contribution in [-0.2, 0) is 4.74 Å². The summed E-state index contributed by atoms with van der Waals surface area (Å²) in [5, 5.41) is 10.00. The lowest BCUT2D eigenvalue weighted by Crippen LogP contribution is -2.20. The maximum atomic E-state index is 10.00. The van der Waals surface area contributed by atoms with Crippen molar-refractivity contribution in [1.82, 2.24) is 0 Å². The fraction of sp³-hybridized carbons (Fsp3) is 0.571. The smallest absolute Gasteiger partial charge is 0.102 e. The summed E-state index contributed by atoms with van der Waals surface area (Å²) in [6, 6.07) is 7.35. The number of ether oxygens (including phenoxy) is 1. The molecule has 17 heavy (non-hydrogen) atoms. The number of nitrogen functional groups attached to an aromatic ring is 1. The van der Waals surface area contributed by atoms with Crippen molar-refractivity contribution in [2.45, 2.75) is 44.3 Å². The van der Waals surface area contributed by atoms with Gasteiger partial charge in [-0.25, -0.2) is 0 Å². The molecule has 0 spiro atoms. The molecular weight excluding hydrogens is 214 g/mol. The first-order valence-corrected chi connectivity index (χ1v) is 6.41. The SMILES string of the molecule is Nc1cccc(C(O)COC2CCCCC2)c1. The predicted molar refractivity (Wildman–Crippen MR) is 68.6 cm³/mol. The molecule has 1 unspecified atom stereocenters. The van der Waals surface area contributed by atoms with Gasteiger partial charge in [0.15, 0.2) is 0 Å². The van der Waals surface area contributed by atoms with Crippen LogP contribution in [0, 0.1) is 0 Å². The first-order chi connectivity index (χ1) is 8.25. The fourth-order valence-electron chi connectivity index (χ4n) is 2.32. The second-order valence-electron chi connectivity index (χ2n) is 4.78. The molecule has 0 amide bonds. The maximum absolute atomic E-state index is 10.00. The Hall–Kier alpha value is -1.06. The third-order valence-electron chi connectivity index (χ3n) is 3.34. The Labute approximate surface area is 103 Å². The number of anilines is 1. The molecule has 0 bridgehead atoms. The molecule has 0 saturated heterocycles. The second-order valence-corrected chi connectivity index (χ2v) is 4.78. The van der Waals surface area contributed by atoms with Gasteiger partial charge in [0, 0.05) is 5.69 Å². The molecule has 1 aliphatic rings. The fourth-order valence-corrected chi connectivity index (χ4v) is 2.32. The summed E-state index contributed by atoms with van der Waals surface area (Å²) in [5.74, 6) is 0. The van der Waals surface area contributed by atoms with Gasteiger partial charge >= 0.3 is 0 Å². The summed E-state index contributed by atoms with van der Waals surface area (Å²) in [7, 11) is 0. The van der Waals surface area contributed by atoms with E-state index in [4.69, 9.17) is 10.5 Å². The van der Waals surface area contributed by atoms with Crippen molar-refractivity contribution in [3.05, 3.63) is 29.8 Å². The minimum absolute atomic E-state index is 0.333. The monoisotopic (exact) mass is 235 g/mol. The van der Waals surface area contributed by atoms with Gasteiger partial charge in [0.2, 0.25) is 0 Å². The highest BCUT2D eigenvalue weighted by molar-refractivity contribution is 5.41. The summed E-state index contributed by atoms with van der Waals surface area (Å²) < 4.78 is 5.75. The molecule has 94 valence electrons. The van der Waals surface area contributed by atoms with E-state index in [2.05, 4.69) is 0 Å². The number of hydrogen-bond donors (Lipinski definition) is 2. The predicted octanol–water partition coefficient (Wildman–Crippen LogP) is 2.65. The van der Waals surface area contributed by atoms with Gasteiger partial charge in [-0.3, -0.25) is 0 Å². The zero-order chi connectivity index (χ0) is 12.1. The van der Waals surface area contributed by atoms with Gasteiger partial charge in [-0.15, -0.1) is 0 Å². The molecule has 2 rings (SSSR count). The third-order valence-corrected chi connectivity index (χ3v) is 3.34. The van der Waals surface area contributed by atoms with E-state index >= 15 is 0 Å². The Balaban J connectivity index is 1.82. The summed E-state index contributed by atoms with van der Waals surface area (Å²) in [5.41, 5.74) is 7.20. The van der Waals surface area contributed by atoms with Gasteiger partial charge in [-0.2, -0.15) is 0 Å². The summed E-state index contributed by atoms with van der Waals surface area (Å²) in [4.78, 5) is 0. The standard InChI is InChI=1S/C14H21NO2/c15-12-6-4-5-11(9-12)14(16)10-17-13-7-2-1-3-8-13/h4-6,9,13-14,16H,1-3,7-8,10,15H2. The van der Waals surface area contributed by atoms with E-state index in [0.29, 0.717) is 18.4 Å². The highest BCUT2D eigenvalue weighted by Gasteiger charge is 2.16. The maximum Gasteiger partial charge on any atom is 0.102 e. The quantitative estimate of drug-likeness (QED) is 0.789. The lowest BCUT2D eigenvalue weighted by molar-refractivity contribution is -0.0245. The van der Waals surface area contributed by atoms with Gasteiger partial charge < -0.3 is 15.6 Å². The van der Waals surface area contributed by atoms with Gasteiger partial charge in [0.05, 0.1) is 12.7 Å². The van der Waals surface area contributed by atoms with Crippen LogP contribution >= 0.6 is 0 Å². The molecule has 1 aromatic rings. The van der Waals surface area contributed by atoms with E-state index in [1.54, 1.807) is 6.07 Å². The largest absolute Gasteiger partial charge is 0.399 e. The van der Waals surface area contributed by atoms with Crippen molar-refractivity contribution in [2.24, 2.45) is 0 Å². The lowest BCUT2D eigenvalue weighted by atomic mass is 9.98. The zero-order valence-electron chi connectivity index (χ0n) is 10.1. The molecule has 1 aromatic carbocycles. The number of aliphatic hydroxyl groups excluding tert-OH is 1. The first kappa shape index (κ1) is 12.4. The van der Waals surface area contributed by atoms with E-state index in [1.807, 2.05) is 18.2 Å². The molecule has 0 heterocycles. The zero-order valence-corrected chi connectivity index (χ0v) is 10.1. The average Bonchev–Trinajstić information content (AvgIpc) is 2.37. The molecule has 0 radical (unpaired) electrons. The van der Waals surface area contributed by atoms with Gasteiger partial charge in [-0.05, 0) is 30.5 Å². The average molecular weight is 235 g/mol. The van der Waals surface area contributed by atoms with Crippen molar-refractivity contribution in [3.63, 3.8) is 0 Å². The van der Waals surface area contributed by atoms with Crippen LogP contribution in [0.3, 0.4) is 0 Å². The molecule has 0 aromatic heterocycles. The van der Waals surface area contributed by atoms with E-state index in [-0.39, 0.29) is 0 Å². The molecule has 1 aliphatic carbocycles. The number of rotatable bonds is 4. The van der Waals surface area contributed by atoms with Crippen molar-refractivity contribution in [2.75, 3.05) is 12.3 Å². The molecule has 3 N–H and O–H groups in total. The number of hydrogen-bond acceptors (Lipinski definition) is 3. The van der Waals surface area contributed by atoms with Crippen LogP contribution < -0.4 is 5.73 Å².